The zero-order chi connectivity index (χ0) is 13.9. The number of para-hydroxylation sites is 1. The molecule has 106 valence electrons. The summed E-state index contributed by atoms with van der Waals surface area (Å²) in [5.74, 6) is 0.114. The number of alkyl halides is 2. The quantitative estimate of drug-likeness (QED) is 0.832. The Labute approximate surface area is 110 Å². The van der Waals surface area contributed by atoms with Gasteiger partial charge >= 0.3 is 6.61 Å². The minimum Gasteiger partial charge on any atom is -0.433 e. The lowest BCUT2D eigenvalue weighted by molar-refractivity contribution is -0.128. The van der Waals surface area contributed by atoms with Crippen molar-refractivity contribution in [2.75, 3.05) is 31.7 Å². The van der Waals surface area contributed by atoms with Crippen LogP contribution in [0.25, 0.3) is 0 Å². The normalized spacial score (nSPS) is 17.1. The summed E-state index contributed by atoms with van der Waals surface area (Å²) in [4.78, 5) is 0. The first-order valence-electron chi connectivity index (χ1n) is 6.03. The molecular formula is C13H17F2NO3. The maximum atomic E-state index is 12.3. The Bertz CT molecular complexity index is 430. The van der Waals surface area contributed by atoms with E-state index in [0.717, 1.165) is 5.56 Å². The van der Waals surface area contributed by atoms with Crippen LogP contribution in [-0.2, 0) is 4.74 Å². The number of nitrogens with one attached hydrogen (secondary N) is 1. The number of hydrogen-bond acceptors (Lipinski definition) is 4. The first kappa shape index (κ1) is 14.0. The van der Waals surface area contributed by atoms with Crippen LogP contribution in [0.1, 0.15) is 5.56 Å². The highest BCUT2D eigenvalue weighted by molar-refractivity contribution is 5.61. The molecule has 0 bridgehead atoms. The van der Waals surface area contributed by atoms with Gasteiger partial charge in [-0.15, -0.1) is 0 Å². The molecule has 1 aliphatic heterocycles. The number of rotatable bonds is 6. The summed E-state index contributed by atoms with van der Waals surface area (Å²) >= 11 is 0. The molecule has 2 N–H and O–H groups in total. The van der Waals surface area contributed by atoms with Crippen LogP contribution in [0.4, 0.5) is 14.5 Å². The zero-order valence-corrected chi connectivity index (χ0v) is 10.7. The highest BCUT2D eigenvalue weighted by atomic mass is 19.3. The van der Waals surface area contributed by atoms with Crippen molar-refractivity contribution < 1.29 is 23.4 Å². The van der Waals surface area contributed by atoms with Crippen molar-refractivity contribution in [2.45, 2.75) is 13.5 Å². The molecule has 1 aliphatic rings. The van der Waals surface area contributed by atoms with Crippen molar-refractivity contribution in [3.05, 3.63) is 23.8 Å². The van der Waals surface area contributed by atoms with Crippen LogP contribution < -0.4 is 10.1 Å². The summed E-state index contributed by atoms with van der Waals surface area (Å²) in [6.07, 6.45) is 0. The van der Waals surface area contributed by atoms with Crippen LogP contribution >= 0.6 is 0 Å². The van der Waals surface area contributed by atoms with Gasteiger partial charge in [-0.05, 0) is 18.6 Å². The number of ether oxygens (including phenoxy) is 2. The average Bonchev–Trinajstić information content (AvgIpc) is 2.30. The molecule has 2 rings (SSSR count). The van der Waals surface area contributed by atoms with Gasteiger partial charge in [0, 0.05) is 6.54 Å². The minimum absolute atomic E-state index is 0.00306. The Balaban J connectivity index is 2.10. The van der Waals surface area contributed by atoms with Gasteiger partial charge in [0.2, 0.25) is 0 Å². The molecule has 4 nitrogen and oxygen atoms in total. The highest BCUT2D eigenvalue weighted by Gasteiger charge is 2.38. The van der Waals surface area contributed by atoms with E-state index < -0.39 is 6.61 Å². The first-order chi connectivity index (χ1) is 9.06. The number of benzene rings is 1. The Morgan fingerprint density at radius 3 is 2.74 bits per heavy atom. The van der Waals surface area contributed by atoms with Gasteiger partial charge < -0.3 is 19.9 Å². The van der Waals surface area contributed by atoms with Crippen LogP contribution in [-0.4, -0.2) is 38.1 Å². The molecule has 19 heavy (non-hydrogen) atoms. The second kappa shape index (κ2) is 5.71. The lowest BCUT2D eigenvalue weighted by atomic mass is 9.87. The fourth-order valence-electron chi connectivity index (χ4n) is 1.98. The largest absolute Gasteiger partial charge is 0.433 e. The molecule has 0 amide bonds. The number of halogens is 2. The third kappa shape index (κ3) is 3.13. The second-order valence-electron chi connectivity index (χ2n) is 4.83. The standard InChI is InChI=1S/C13H17F2NO3/c1-9-3-2-4-10(19-12(14)15)11(9)16-5-13(6-17)7-18-8-13/h2-4,12,16-17H,5-8H2,1H3. The van der Waals surface area contributed by atoms with E-state index in [1.807, 2.05) is 13.0 Å². The summed E-state index contributed by atoms with van der Waals surface area (Å²) < 4.78 is 34.3. The van der Waals surface area contributed by atoms with Gasteiger partial charge in [0.15, 0.2) is 0 Å². The van der Waals surface area contributed by atoms with Crippen LogP contribution in [0.5, 0.6) is 5.75 Å². The molecule has 0 aliphatic carbocycles. The van der Waals surface area contributed by atoms with Gasteiger partial charge in [-0.1, -0.05) is 12.1 Å². The Kier molecular flexibility index (Phi) is 4.21. The van der Waals surface area contributed by atoms with Gasteiger partial charge in [0.05, 0.1) is 30.9 Å². The zero-order valence-electron chi connectivity index (χ0n) is 10.7. The SMILES string of the molecule is Cc1cccc(OC(F)F)c1NCC1(CO)COC1. The van der Waals surface area contributed by atoms with Gasteiger partial charge in [0.25, 0.3) is 0 Å². The fourth-order valence-corrected chi connectivity index (χ4v) is 1.98. The Morgan fingerprint density at radius 1 is 1.47 bits per heavy atom. The smallest absolute Gasteiger partial charge is 0.387 e. The summed E-state index contributed by atoms with van der Waals surface area (Å²) in [5.41, 5.74) is 1.01. The molecule has 0 spiro atoms. The Morgan fingerprint density at radius 2 is 2.21 bits per heavy atom. The van der Waals surface area contributed by atoms with E-state index in [1.165, 1.54) is 6.07 Å². The van der Waals surface area contributed by atoms with E-state index in [9.17, 15) is 13.9 Å². The van der Waals surface area contributed by atoms with E-state index >= 15 is 0 Å². The molecule has 0 saturated carbocycles. The second-order valence-corrected chi connectivity index (χ2v) is 4.83. The summed E-state index contributed by atoms with van der Waals surface area (Å²) in [7, 11) is 0. The highest BCUT2D eigenvalue weighted by Crippen LogP contribution is 2.32. The monoisotopic (exact) mass is 273 g/mol. The molecule has 1 fully saturated rings. The summed E-state index contributed by atoms with van der Waals surface area (Å²) in [5, 5.41) is 12.4. The van der Waals surface area contributed by atoms with Crippen molar-refractivity contribution in [1.82, 2.24) is 0 Å². The van der Waals surface area contributed by atoms with Gasteiger partial charge in [-0.2, -0.15) is 8.78 Å². The predicted octanol–water partition coefficient (Wildman–Crippen LogP) is 2.02. The molecule has 1 aromatic carbocycles. The van der Waals surface area contributed by atoms with Crippen molar-refractivity contribution >= 4 is 5.69 Å². The van der Waals surface area contributed by atoms with E-state index in [0.29, 0.717) is 25.4 Å². The average molecular weight is 273 g/mol. The molecule has 0 atom stereocenters. The van der Waals surface area contributed by atoms with Crippen molar-refractivity contribution in [3.63, 3.8) is 0 Å². The third-order valence-electron chi connectivity index (χ3n) is 3.24. The van der Waals surface area contributed by atoms with Crippen LogP contribution in [0.2, 0.25) is 0 Å². The van der Waals surface area contributed by atoms with Crippen LogP contribution in [0.3, 0.4) is 0 Å². The predicted molar refractivity (Wildman–Crippen MR) is 66.6 cm³/mol. The third-order valence-corrected chi connectivity index (χ3v) is 3.24. The molecule has 0 aromatic heterocycles. The number of hydrogen-bond donors (Lipinski definition) is 2. The van der Waals surface area contributed by atoms with E-state index in [2.05, 4.69) is 10.1 Å². The molecule has 0 radical (unpaired) electrons. The first-order valence-corrected chi connectivity index (χ1v) is 6.03. The maximum Gasteiger partial charge on any atom is 0.387 e. The van der Waals surface area contributed by atoms with E-state index in [1.54, 1.807) is 6.07 Å². The van der Waals surface area contributed by atoms with Crippen molar-refractivity contribution in [2.24, 2.45) is 5.41 Å². The Hall–Kier alpha value is -1.40. The van der Waals surface area contributed by atoms with Crippen molar-refractivity contribution in [3.8, 4) is 5.75 Å². The van der Waals surface area contributed by atoms with Crippen molar-refractivity contribution in [1.29, 1.82) is 0 Å². The molecular weight excluding hydrogens is 256 g/mol. The number of aliphatic hydroxyl groups is 1. The van der Waals surface area contributed by atoms with Gasteiger partial charge in [0.1, 0.15) is 5.75 Å². The number of aliphatic hydroxyl groups excluding tert-OH is 1. The fraction of sp³-hybridized carbons (Fsp3) is 0.538. The van der Waals surface area contributed by atoms with E-state index in [-0.39, 0.29) is 17.8 Å². The lowest BCUT2D eigenvalue weighted by Crippen LogP contribution is -2.50. The van der Waals surface area contributed by atoms with Gasteiger partial charge in [-0.3, -0.25) is 0 Å². The maximum absolute atomic E-state index is 12.3. The molecule has 0 unspecified atom stereocenters. The number of aryl methyl sites for hydroxylation is 1. The molecule has 1 heterocycles. The summed E-state index contributed by atoms with van der Waals surface area (Å²) in [6.45, 7) is 0.330. The lowest BCUT2D eigenvalue weighted by Gasteiger charge is -2.40. The van der Waals surface area contributed by atoms with Crippen LogP contribution in [0, 0.1) is 12.3 Å². The van der Waals surface area contributed by atoms with E-state index in [4.69, 9.17) is 4.74 Å². The number of anilines is 1. The molecule has 6 heteroatoms. The summed E-state index contributed by atoms with van der Waals surface area (Å²) in [6, 6.07) is 4.96. The van der Waals surface area contributed by atoms with Gasteiger partial charge in [-0.25, -0.2) is 0 Å². The molecule has 1 aromatic rings. The topological polar surface area (TPSA) is 50.7 Å². The molecule has 1 saturated heterocycles. The van der Waals surface area contributed by atoms with Crippen LogP contribution in [0.15, 0.2) is 18.2 Å². The minimum atomic E-state index is -2.86.